The van der Waals surface area contributed by atoms with Crippen LogP contribution in [0.4, 0.5) is 0 Å². The van der Waals surface area contributed by atoms with Gasteiger partial charge in [-0.1, -0.05) is 41.9 Å². The number of aryl methyl sites for hydroxylation is 2. The van der Waals surface area contributed by atoms with Gasteiger partial charge in [0.2, 0.25) is 11.8 Å². The Morgan fingerprint density at radius 3 is 2.50 bits per heavy atom. The molecule has 1 rings (SSSR count). The normalized spacial score (nSPS) is 12.2. The lowest BCUT2D eigenvalue weighted by molar-refractivity contribution is -0.128. The summed E-state index contributed by atoms with van der Waals surface area (Å²) in [7, 11) is 0. The zero-order chi connectivity index (χ0) is 15.3. The molecular weight excluding hydrogens is 320 g/mol. The Morgan fingerprint density at radius 2 is 2.00 bits per heavy atom. The van der Waals surface area contributed by atoms with E-state index >= 15 is 0 Å². The Labute approximate surface area is 128 Å². The minimum absolute atomic E-state index is 0.00799. The second-order valence-corrected chi connectivity index (χ2v) is 6.13. The van der Waals surface area contributed by atoms with Gasteiger partial charge in [0.05, 0.1) is 0 Å². The maximum absolute atomic E-state index is 11.9. The number of carbonyl (C=O) groups excluding carboxylic acids is 2. The second-order valence-electron chi connectivity index (χ2n) is 5.28. The average molecular weight is 341 g/mol. The van der Waals surface area contributed by atoms with Crippen molar-refractivity contribution in [2.45, 2.75) is 39.7 Å². The van der Waals surface area contributed by atoms with Gasteiger partial charge in [-0.05, 0) is 36.5 Å². The minimum Gasteiger partial charge on any atom is -0.368 e. The van der Waals surface area contributed by atoms with Crippen LogP contribution < -0.4 is 11.1 Å². The first-order valence-corrected chi connectivity index (χ1v) is 7.44. The Kier molecular flexibility index (Phi) is 6.20. The summed E-state index contributed by atoms with van der Waals surface area (Å²) >= 11 is 3.44. The number of primary amides is 1. The first kappa shape index (κ1) is 16.7. The fourth-order valence-electron chi connectivity index (χ4n) is 1.93. The highest BCUT2D eigenvalue weighted by atomic mass is 79.9. The molecule has 1 atom stereocenters. The summed E-state index contributed by atoms with van der Waals surface area (Å²) in [5, 5.41) is 2.69. The molecule has 3 N–H and O–H groups in total. The largest absolute Gasteiger partial charge is 0.368 e. The van der Waals surface area contributed by atoms with E-state index in [1.807, 2.05) is 39.0 Å². The first-order chi connectivity index (χ1) is 9.31. The van der Waals surface area contributed by atoms with Crippen LogP contribution >= 0.6 is 15.9 Å². The fourth-order valence-corrected chi connectivity index (χ4v) is 2.18. The molecule has 0 radical (unpaired) electrons. The summed E-state index contributed by atoms with van der Waals surface area (Å²) in [6.45, 7) is 5.72. The lowest BCUT2D eigenvalue weighted by Crippen LogP contribution is -2.47. The van der Waals surface area contributed by atoms with E-state index < -0.39 is 11.9 Å². The maximum atomic E-state index is 11.9. The smallest absolute Gasteiger partial charge is 0.240 e. The second kappa shape index (κ2) is 7.43. The number of carbonyl (C=O) groups is 2. The van der Waals surface area contributed by atoms with Crippen molar-refractivity contribution in [2.24, 2.45) is 11.7 Å². The van der Waals surface area contributed by atoms with Crippen molar-refractivity contribution in [1.82, 2.24) is 5.32 Å². The van der Waals surface area contributed by atoms with Gasteiger partial charge in [0.15, 0.2) is 0 Å². The number of rotatable bonds is 6. The fraction of sp³-hybridized carbons (Fsp3) is 0.467. The molecule has 0 aliphatic heterocycles. The molecule has 1 aromatic rings. The molecule has 0 saturated heterocycles. The van der Waals surface area contributed by atoms with Gasteiger partial charge < -0.3 is 11.1 Å². The van der Waals surface area contributed by atoms with Crippen LogP contribution in [0.1, 0.15) is 31.4 Å². The zero-order valence-corrected chi connectivity index (χ0v) is 13.7. The van der Waals surface area contributed by atoms with Crippen molar-refractivity contribution in [2.75, 3.05) is 0 Å². The van der Waals surface area contributed by atoms with Crippen molar-refractivity contribution < 1.29 is 9.59 Å². The summed E-state index contributed by atoms with van der Waals surface area (Å²) < 4.78 is 1.05. The molecule has 1 aromatic carbocycles. The number of nitrogens with one attached hydrogen (secondary N) is 1. The number of benzene rings is 1. The van der Waals surface area contributed by atoms with Gasteiger partial charge >= 0.3 is 0 Å². The van der Waals surface area contributed by atoms with E-state index in [1.54, 1.807) is 0 Å². The molecule has 5 heteroatoms. The number of halogens is 1. The van der Waals surface area contributed by atoms with Gasteiger partial charge in [-0.3, -0.25) is 9.59 Å². The molecular formula is C15H21BrN2O2. The van der Waals surface area contributed by atoms with Gasteiger partial charge in [0, 0.05) is 10.9 Å². The zero-order valence-electron chi connectivity index (χ0n) is 12.1. The summed E-state index contributed by atoms with van der Waals surface area (Å²) in [4.78, 5) is 23.1. The van der Waals surface area contributed by atoms with Crippen LogP contribution in [-0.4, -0.2) is 17.9 Å². The summed E-state index contributed by atoms with van der Waals surface area (Å²) in [5.41, 5.74) is 7.51. The van der Waals surface area contributed by atoms with Crippen molar-refractivity contribution in [3.8, 4) is 0 Å². The Morgan fingerprint density at radius 1 is 1.35 bits per heavy atom. The average Bonchev–Trinajstić information content (AvgIpc) is 2.36. The number of amides is 2. The molecule has 0 heterocycles. The predicted octanol–water partition coefficient (Wildman–Crippen LogP) is 2.32. The van der Waals surface area contributed by atoms with Gasteiger partial charge in [0.25, 0.3) is 0 Å². The molecule has 0 fully saturated rings. The predicted molar refractivity (Wildman–Crippen MR) is 83.2 cm³/mol. The SMILES string of the molecule is Cc1cc(CCC(=O)N[C@H](C(N)=O)C(C)C)ccc1Br. The molecule has 0 aliphatic carbocycles. The first-order valence-electron chi connectivity index (χ1n) is 6.65. The Balaban J connectivity index is 2.54. The minimum atomic E-state index is -0.603. The van der Waals surface area contributed by atoms with E-state index in [1.165, 1.54) is 0 Å². The van der Waals surface area contributed by atoms with Crippen LogP contribution in [0, 0.1) is 12.8 Å². The quantitative estimate of drug-likeness (QED) is 0.833. The lowest BCUT2D eigenvalue weighted by atomic mass is 10.0. The van der Waals surface area contributed by atoms with Crippen LogP contribution in [0.15, 0.2) is 22.7 Å². The third-order valence-corrected chi connectivity index (χ3v) is 4.04. The van der Waals surface area contributed by atoms with E-state index in [2.05, 4.69) is 21.2 Å². The topological polar surface area (TPSA) is 72.2 Å². The third-order valence-electron chi connectivity index (χ3n) is 3.15. The van der Waals surface area contributed by atoms with E-state index in [9.17, 15) is 9.59 Å². The number of hydrogen-bond acceptors (Lipinski definition) is 2. The number of nitrogens with two attached hydrogens (primary N) is 1. The molecule has 2 amide bonds. The summed E-state index contributed by atoms with van der Waals surface area (Å²) in [6, 6.07) is 5.40. The van der Waals surface area contributed by atoms with Crippen LogP contribution in [0.2, 0.25) is 0 Å². The molecule has 20 heavy (non-hydrogen) atoms. The van der Waals surface area contributed by atoms with Crippen molar-refractivity contribution >= 4 is 27.7 Å². The van der Waals surface area contributed by atoms with Crippen molar-refractivity contribution in [3.05, 3.63) is 33.8 Å². The molecule has 0 unspecified atom stereocenters. The molecule has 110 valence electrons. The molecule has 0 spiro atoms. The molecule has 0 aliphatic rings. The van der Waals surface area contributed by atoms with Crippen molar-refractivity contribution in [1.29, 1.82) is 0 Å². The van der Waals surface area contributed by atoms with Crippen molar-refractivity contribution in [3.63, 3.8) is 0 Å². The maximum Gasteiger partial charge on any atom is 0.240 e. The van der Waals surface area contributed by atoms with Crippen LogP contribution in [0.25, 0.3) is 0 Å². The van der Waals surface area contributed by atoms with Crippen LogP contribution in [-0.2, 0) is 16.0 Å². The van der Waals surface area contributed by atoms with Gasteiger partial charge in [0.1, 0.15) is 6.04 Å². The highest BCUT2D eigenvalue weighted by molar-refractivity contribution is 9.10. The van der Waals surface area contributed by atoms with E-state index in [0.717, 1.165) is 15.6 Å². The monoisotopic (exact) mass is 340 g/mol. The molecule has 4 nitrogen and oxygen atoms in total. The van der Waals surface area contributed by atoms with E-state index in [0.29, 0.717) is 12.8 Å². The Bertz CT molecular complexity index is 501. The van der Waals surface area contributed by atoms with Crippen LogP contribution in [0.5, 0.6) is 0 Å². The molecule has 0 saturated carbocycles. The summed E-state index contributed by atoms with van der Waals surface area (Å²) in [6.07, 6.45) is 0.987. The highest BCUT2D eigenvalue weighted by Gasteiger charge is 2.21. The molecule has 0 aromatic heterocycles. The number of hydrogen-bond donors (Lipinski definition) is 2. The highest BCUT2D eigenvalue weighted by Crippen LogP contribution is 2.17. The lowest BCUT2D eigenvalue weighted by Gasteiger charge is -2.18. The molecule has 0 bridgehead atoms. The van der Waals surface area contributed by atoms with E-state index in [4.69, 9.17) is 5.73 Å². The standard InChI is InChI=1S/C15H21BrN2O2/c1-9(2)14(15(17)20)18-13(19)7-5-11-4-6-12(16)10(3)8-11/h4,6,8-9,14H,5,7H2,1-3H3,(H2,17,20)(H,18,19)/t14-/m0/s1. The van der Waals surface area contributed by atoms with Crippen LogP contribution in [0.3, 0.4) is 0 Å². The van der Waals surface area contributed by atoms with Gasteiger partial charge in [-0.25, -0.2) is 0 Å². The van der Waals surface area contributed by atoms with Gasteiger partial charge in [-0.15, -0.1) is 0 Å². The van der Waals surface area contributed by atoms with Gasteiger partial charge in [-0.2, -0.15) is 0 Å². The third kappa shape index (κ3) is 4.96. The Hall–Kier alpha value is -1.36. The van der Waals surface area contributed by atoms with E-state index in [-0.39, 0.29) is 11.8 Å². The summed E-state index contributed by atoms with van der Waals surface area (Å²) in [5.74, 6) is -0.651.